The van der Waals surface area contributed by atoms with E-state index in [9.17, 15) is 9.59 Å². The number of aromatic nitrogens is 4. The molecule has 2 rings (SSSR count). The summed E-state index contributed by atoms with van der Waals surface area (Å²) < 4.78 is 4.19. The molecule has 0 fully saturated rings. The van der Waals surface area contributed by atoms with Gasteiger partial charge in [-0.1, -0.05) is 35.6 Å². The summed E-state index contributed by atoms with van der Waals surface area (Å²) in [6, 6.07) is 0. The molecule has 118 valence electrons. The Labute approximate surface area is 145 Å². The second kappa shape index (κ2) is 5.86. The maximum absolute atomic E-state index is 12.3. The lowest BCUT2D eigenvalue weighted by Gasteiger charge is -2.17. The molecule has 0 N–H and O–H groups in total. The highest BCUT2D eigenvalue weighted by Gasteiger charge is 2.22. The Morgan fingerprint density at radius 3 is 2.27 bits per heavy atom. The topological polar surface area (TPSA) is 69.8 Å². The molecule has 0 atom stereocenters. The van der Waals surface area contributed by atoms with Gasteiger partial charge in [-0.3, -0.25) is 13.9 Å². The predicted octanol–water partition coefficient (Wildman–Crippen LogP) is 2.36. The van der Waals surface area contributed by atoms with Gasteiger partial charge < -0.3 is 0 Å². The number of aryl methyl sites for hydroxylation is 1. The summed E-state index contributed by atoms with van der Waals surface area (Å²) in [6.45, 7) is 6.57. The van der Waals surface area contributed by atoms with Crippen molar-refractivity contribution in [3.63, 3.8) is 0 Å². The molecule has 9 heteroatoms. The van der Waals surface area contributed by atoms with Gasteiger partial charge in [0.05, 0.1) is 24.4 Å². The molecule has 0 amide bonds. The Hall–Kier alpha value is -1.06. The van der Waals surface area contributed by atoms with E-state index in [1.165, 1.54) is 11.6 Å². The van der Waals surface area contributed by atoms with Gasteiger partial charge in [0, 0.05) is 14.1 Å². The average Bonchev–Trinajstić information content (AvgIpc) is 2.47. The molecule has 6 nitrogen and oxygen atoms in total. The van der Waals surface area contributed by atoms with Crippen LogP contribution >= 0.6 is 31.9 Å². The standard InChI is InChI=1S/C13H16Br2N4O2Si/c1-18-11-9(12(20)19(2)13(18)21)17-7(6-16-11)8(14)10(15)22(3,4)5/h6H,1-5H3/b10-8+. The predicted molar refractivity (Wildman–Crippen MR) is 98.1 cm³/mol. The molecule has 0 aliphatic rings. The van der Waals surface area contributed by atoms with Crippen molar-refractivity contribution in [2.24, 2.45) is 14.1 Å². The van der Waals surface area contributed by atoms with Crippen LogP contribution in [-0.4, -0.2) is 27.2 Å². The highest BCUT2D eigenvalue weighted by Crippen LogP contribution is 2.33. The summed E-state index contributed by atoms with van der Waals surface area (Å²) in [5.74, 6) is 0. The maximum Gasteiger partial charge on any atom is 0.332 e. The minimum Gasteiger partial charge on any atom is -0.279 e. The van der Waals surface area contributed by atoms with Gasteiger partial charge in [0.2, 0.25) is 0 Å². The molecule has 22 heavy (non-hydrogen) atoms. The molecule has 0 bridgehead atoms. The van der Waals surface area contributed by atoms with Gasteiger partial charge in [0.1, 0.15) is 0 Å². The first-order valence-electron chi connectivity index (χ1n) is 6.54. The second-order valence-electron chi connectivity index (χ2n) is 6.01. The van der Waals surface area contributed by atoms with E-state index in [-0.39, 0.29) is 11.2 Å². The first-order chi connectivity index (χ1) is 10.1. The summed E-state index contributed by atoms with van der Waals surface area (Å²) in [5, 5.41) is 0. The number of hydrogen-bond donors (Lipinski definition) is 0. The van der Waals surface area contributed by atoms with Crippen molar-refractivity contribution < 1.29 is 0 Å². The van der Waals surface area contributed by atoms with Crippen molar-refractivity contribution in [1.29, 1.82) is 0 Å². The molecular weight excluding hydrogens is 432 g/mol. The summed E-state index contributed by atoms with van der Waals surface area (Å²) >= 11 is 7.15. The molecule has 0 aliphatic heterocycles. The minimum absolute atomic E-state index is 0.176. The molecule has 0 saturated carbocycles. The van der Waals surface area contributed by atoms with Crippen LogP contribution in [0.1, 0.15) is 5.69 Å². The fourth-order valence-electron chi connectivity index (χ4n) is 1.88. The number of halogens is 2. The lowest BCUT2D eigenvalue weighted by Crippen LogP contribution is -2.37. The Morgan fingerprint density at radius 2 is 1.73 bits per heavy atom. The van der Waals surface area contributed by atoms with Gasteiger partial charge >= 0.3 is 5.69 Å². The zero-order valence-corrected chi connectivity index (χ0v) is 17.1. The normalized spacial score (nSPS) is 13.4. The van der Waals surface area contributed by atoms with Crippen LogP contribution in [0.5, 0.6) is 0 Å². The molecule has 2 heterocycles. The van der Waals surface area contributed by atoms with Crippen LogP contribution in [-0.2, 0) is 14.1 Å². The van der Waals surface area contributed by atoms with Crippen LogP contribution in [0.15, 0.2) is 19.9 Å². The summed E-state index contributed by atoms with van der Waals surface area (Å²) in [4.78, 5) is 32.8. The largest absolute Gasteiger partial charge is 0.332 e. The zero-order valence-electron chi connectivity index (χ0n) is 12.9. The first kappa shape index (κ1) is 17.3. The van der Waals surface area contributed by atoms with Gasteiger partial charge in [-0.2, -0.15) is 0 Å². The molecule has 0 aliphatic carbocycles. The average molecular weight is 448 g/mol. The van der Waals surface area contributed by atoms with E-state index in [0.29, 0.717) is 5.69 Å². The Balaban J connectivity index is 2.83. The zero-order chi connectivity index (χ0) is 16.8. The van der Waals surface area contributed by atoms with E-state index in [2.05, 4.69) is 61.5 Å². The third kappa shape index (κ3) is 2.89. The third-order valence-electron chi connectivity index (χ3n) is 3.23. The second-order valence-corrected chi connectivity index (χ2v) is 13.3. The third-order valence-corrected chi connectivity index (χ3v) is 10.5. The van der Waals surface area contributed by atoms with Crippen molar-refractivity contribution in [3.05, 3.63) is 36.8 Å². The van der Waals surface area contributed by atoms with Crippen LogP contribution in [0.4, 0.5) is 0 Å². The van der Waals surface area contributed by atoms with Crippen molar-refractivity contribution in [3.8, 4) is 0 Å². The van der Waals surface area contributed by atoms with Gasteiger partial charge in [-0.05, 0) is 20.0 Å². The lowest BCUT2D eigenvalue weighted by molar-refractivity contribution is 0.704. The van der Waals surface area contributed by atoms with Crippen molar-refractivity contribution >= 4 is 55.6 Å². The Morgan fingerprint density at radius 1 is 1.14 bits per heavy atom. The van der Waals surface area contributed by atoms with E-state index in [1.807, 2.05) is 0 Å². The molecular formula is C13H16Br2N4O2Si. The molecule has 0 radical (unpaired) electrons. The molecule has 0 spiro atoms. The Bertz CT molecular complexity index is 909. The van der Waals surface area contributed by atoms with Gasteiger partial charge in [-0.15, -0.1) is 0 Å². The molecule has 2 aromatic rings. The van der Waals surface area contributed by atoms with Crippen LogP contribution in [0, 0.1) is 0 Å². The number of fused-ring (bicyclic) bond motifs is 1. The Kier molecular flexibility index (Phi) is 4.60. The fraction of sp³-hybridized carbons (Fsp3) is 0.385. The highest BCUT2D eigenvalue weighted by molar-refractivity contribution is 9.17. The van der Waals surface area contributed by atoms with E-state index in [4.69, 9.17) is 0 Å². The lowest BCUT2D eigenvalue weighted by atomic mass is 10.4. The van der Waals surface area contributed by atoms with Gasteiger partial charge in [0.25, 0.3) is 5.56 Å². The SMILES string of the molecule is Cn1c(=O)c2nc(/C(Br)=C(/Br)[Si](C)(C)C)cnc2n(C)c1=O. The van der Waals surface area contributed by atoms with Crippen LogP contribution in [0.25, 0.3) is 15.6 Å². The van der Waals surface area contributed by atoms with E-state index in [0.717, 1.165) is 13.2 Å². The molecule has 0 aromatic carbocycles. The highest BCUT2D eigenvalue weighted by atomic mass is 79.9. The first-order valence-corrected chi connectivity index (χ1v) is 11.6. The van der Waals surface area contributed by atoms with Crippen molar-refractivity contribution in [2.45, 2.75) is 19.6 Å². The summed E-state index contributed by atoms with van der Waals surface area (Å²) in [5.41, 5.74) is 0.156. The minimum atomic E-state index is -1.58. The smallest absolute Gasteiger partial charge is 0.279 e. The summed E-state index contributed by atoms with van der Waals surface area (Å²) in [6.07, 6.45) is 1.56. The van der Waals surface area contributed by atoms with Crippen LogP contribution in [0.3, 0.4) is 0 Å². The quantitative estimate of drug-likeness (QED) is 0.662. The van der Waals surface area contributed by atoms with Crippen LogP contribution in [0.2, 0.25) is 19.6 Å². The monoisotopic (exact) mass is 446 g/mol. The maximum atomic E-state index is 12.3. The number of hydrogen-bond acceptors (Lipinski definition) is 4. The van der Waals surface area contributed by atoms with Crippen molar-refractivity contribution in [2.75, 3.05) is 0 Å². The van der Waals surface area contributed by atoms with Gasteiger partial charge in [0.15, 0.2) is 11.2 Å². The number of nitrogens with zero attached hydrogens (tertiary/aromatic N) is 4. The molecule has 2 aromatic heterocycles. The van der Waals surface area contributed by atoms with Crippen LogP contribution < -0.4 is 11.2 Å². The summed E-state index contributed by atoms with van der Waals surface area (Å²) in [7, 11) is 1.43. The van der Waals surface area contributed by atoms with E-state index >= 15 is 0 Å². The van der Waals surface area contributed by atoms with Gasteiger partial charge in [-0.25, -0.2) is 14.8 Å². The van der Waals surface area contributed by atoms with E-state index < -0.39 is 19.3 Å². The molecule has 0 saturated heterocycles. The van der Waals surface area contributed by atoms with Crippen molar-refractivity contribution in [1.82, 2.24) is 19.1 Å². The molecule has 0 unspecified atom stereocenters. The van der Waals surface area contributed by atoms with E-state index in [1.54, 1.807) is 13.2 Å². The number of rotatable bonds is 2. The fourth-order valence-corrected chi connectivity index (χ4v) is 4.85.